The molecule has 1 aliphatic heterocycles. The van der Waals surface area contributed by atoms with Crippen LogP contribution in [-0.2, 0) is 4.79 Å². The van der Waals surface area contributed by atoms with Crippen LogP contribution in [0.2, 0.25) is 0 Å². The van der Waals surface area contributed by atoms with E-state index in [0.717, 1.165) is 29.1 Å². The van der Waals surface area contributed by atoms with Crippen LogP contribution in [0.4, 0.5) is 5.82 Å². The number of aryl methyl sites for hydroxylation is 1. The molecule has 0 spiro atoms. The Bertz CT molecular complexity index is 1070. The monoisotopic (exact) mass is 364 g/mol. The fraction of sp³-hybridized carbons (Fsp3) is 0.389. The zero-order valence-corrected chi connectivity index (χ0v) is 15.0. The molecule has 1 amide bonds. The molecule has 4 heterocycles. The molecule has 1 saturated carbocycles. The molecule has 7 nitrogen and oxygen atoms in total. The molecule has 0 unspecified atom stereocenters. The smallest absolute Gasteiger partial charge is 0.249 e. The van der Waals surface area contributed by atoms with Gasteiger partial charge in [-0.3, -0.25) is 9.69 Å². The third-order valence-electron chi connectivity index (χ3n) is 5.34. The number of hydrogen-bond donors (Lipinski definition) is 0. The molecule has 1 aliphatic carbocycles. The van der Waals surface area contributed by atoms with Crippen LogP contribution in [-0.4, -0.2) is 32.0 Å². The van der Waals surface area contributed by atoms with E-state index in [1.54, 1.807) is 26.9 Å². The summed E-state index contributed by atoms with van der Waals surface area (Å²) in [4.78, 5) is 24.1. The van der Waals surface area contributed by atoms with E-state index < -0.39 is 5.41 Å². The highest BCUT2D eigenvalue weighted by Gasteiger charge is 2.57. The van der Waals surface area contributed by atoms with Crippen molar-refractivity contribution in [3.8, 4) is 17.5 Å². The molecule has 8 heteroatoms. The minimum absolute atomic E-state index is 0.121. The lowest BCUT2D eigenvalue weighted by Crippen LogP contribution is -2.36. The molecule has 0 N–H and O–H groups in total. The number of rotatable bonds is 3. The predicted octanol–water partition coefficient (Wildman–Crippen LogP) is 2.82. The van der Waals surface area contributed by atoms with Gasteiger partial charge in [-0.15, -0.1) is 11.3 Å². The second kappa shape index (κ2) is 5.35. The molecule has 3 aromatic heterocycles. The number of carbonyl (C=O) groups excluding carboxylic acids is 1. The molecule has 0 aromatic carbocycles. The van der Waals surface area contributed by atoms with Crippen LogP contribution in [0.3, 0.4) is 0 Å². The van der Waals surface area contributed by atoms with E-state index in [1.165, 1.54) is 0 Å². The van der Waals surface area contributed by atoms with Gasteiger partial charge in [-0.2, -0.15) is 10.4 Å². The zero-order chi connectivity index (χ0) is 17.9. The van der Waals surface area contributed by atoms with E-state index in [2.05, 4.69) is 16.2 Å². The number of fused-ring (bicyclic) bond motifs is 1. The van der Waals surface area contributed by atoms with Gasteiger partial charge in [0.15, 0.2) is 5.82 Å². The Morgan fingerprint density at radius 3 is 2.88 bits per heavy atom. The van der Waals surface area contributed by atoms with E-state index in [0.29, 0.717) is 24.5 Å². The number of carbonyl (C=O) groups is 1. The number of nitriles is 1. The zero-order valence-electron chi connectivity index (χ0n) is 14.2. The third kappa shape index (κ3) is 2.10. The number of nitrogens with zero attached hydrogens (tertiary/aromatic N) is 6. The van der Waals surface area contributed by atoms with Gasteiger partial charge in [0.25, 0.3) is 0 Å². The average molecular weight is 364 g/mol. The first-order chi connectivity index (χ1) is 12.6. The SMILES string of the molecule is Cc1nc(-c2cn3nccc3c(N3CC[C@@](C#N)(C4CC4)C3=O)n2)cs1. The van der Waals surface area contributed by atoms with Gasteiger partial charge in [0.05, 0.1) is 23.5 Å². The number of hydrogen-bond acceptors (Lipinski definition) is 6. The standard InChI is InChI=1S/C18H16N6OS/c1-11-21-14(9-26-11)13-8-24-15(4-6-20-24)16(22-13)23-7-5-18(10-19,17(23)25)12-2-3-12/h4,6,8-9,12H,2-3,5,7H2,1H3/t18-/m1/s1. The van der Waals surface area contributed by atoms with Gasteiger partial charge in [0.1, 0.15) is 22.3 Å². The highest BCUT2D eigenvalue weighted by atomic mass is 32.1. The summed E-state index contributed by atoms with van der Waals surface area (Å²) in [6.07, 6.45) is 6.00. The lowest BCUT2D eigenvalue weighted by atomic mass is 9.83. The van der Waals surface area contributed by atoms with Gasteiger partial charge >= 0.3 is 0 Å². The van der Waals surface area contributed by atoms with Crippen LogP contribution in [0.15, 0.2) is 23.8 Å². The van der Waals surface area contributed by atoms with E-state index in [1.807, 2.05) is 24.6 Å². The van der Waals surface area contributed by atoms with Gasteiger partial charge in [-0.05, 0) is 38.2 Å². The van der Waals surface area contributed by atoms with Crippen LogP contribution in [0.5, 0.6) is 0 Å². The van der Waals surface area contributed by atoms with Gasteiger partial charge < -0.3 is 0 Å². The first-order valence-corrected chi connectivity index (χ1v) is 9.50. The maximum atomic E-state index is 13.2. The highest BCUT2D eigenvalue weighted by Crippen LogP contribution is 2.52. The van der Waals surface area contributed by atoms with Crippen LogP contribution < -0.4 is 4.90 Å². The van der Waals surface area contributed by atoms with Crippen molar-refractivity contribution in [3.05, 3.63) is 28.8 Å². The van der Waals surface area contributed by atoms with E-state index in [-0.39, 0.29) is 11.8 Å². The molecule has 1 atom stereocenters. The molecule has 3 aromatic rings. The van der Waals surface area contributed by atoms with Crippen LogP contribution in [0, 0.1) is 29.6 Å². The molecule has 0 radical (unpaired) electrons. The fourth-order valence-corrected chi connectivity index (χ4v) is 4.41. The van der Waals surface area contributed by atoms with Crippen molar-refractivity contribution in [1.29, 1.82) is 5.26 Å². The number of thiazole rings is 1. The van der Waals surface area contributed by atoms with Crippen LogP contribution in [0.25, 0.3) is 16.9 Å². The lowest BCUT2D eigenvalue weighted by Gasteiger charge is -2.21. The maximum Gasteiger partial charge on any atom is 0.249 e. The van der Waals surface area contributed by atoms with Crippen molar-refractivity contribution >= 4 is 28.6 Å². The molecule has 1 saturated heterocycles. The Morgan fingerprint density at radius 2 is 2.19 bits per heavy atom. The minimum Gasteiger partial charge on any atom is -0.294 e. The number of anilines is 1. The summed E-state index contributed by atoms with van der Waals surface area (Å²) >= 11 is 1.56. The third-order valence-corrected chi connectivity index (χ3v) is 6.11. The fourth-order valence-electron chi connectivity index (χ4n) is 3.80. The second-order valence-electron chi connectivity index (χ2n) is 6.93. The van der Waals surface area contributed by atoms with Gasteiger partial charge in [0, 0.05) is 11.9 Å². The van der Waals surface area contributed by atoms with Gasteiger partial charge in [0.2, 0.25) is 5.91 Å². The van der Waals surface area contributed by atoms with Crippen molar-refractivity contribution in [2.45, 2.75) is 26.2 Å². The molecule has 130 valence electrons. The van der Waals surface area contributed by atoms with Gasteiger partial charge in [-0.1, -0.05) is 0 Å². The van der Waals surface area contributed by atoms with Crippen LogP contribution in [0.1, 0.15) is 24.3 Å². The van der Waals surface area contributed by atoms with Gasteiger partial charge in [-0.25, -0.2) is 14.5 Å². The largest absolute Gasteiger partial charge is 0.294 e. The summed E-state index contributed by atoms with van der Waals surface area (Å²) < 4.78 is 1.73. The quantitative estimate of drug-likeness (QED) is 0.713. The molecule has 0 bridgehead atoms. The van der Waals surface area contributed by atoms with Crippen molar-refractivity contribution in [2.24, 2.45) is 11.3 Å². The number of amides is 1. The van der Waals surface area contributed by atoms with E-state index >= 15 is 0 Å². The minimum atomic E-state index is -0.883. The molecule has 2 fully saturated rings. The predicted molar refractivity (Wildman–Crippen MR) is 96.6 cm³/mol. The maximum absolute atomic E-state index is 13.2. The van der Waals surface area contributed by atoms with Crippen LogP contribution >= 0.6 is 11.3 Å². The first kappa shape index (κ1) is 15.5. The summed E-state index contributed by atoms with van der Waals surface area (Å²) in [7, 11) is 0. The first-order valence-electron chi connectivity index (χ1n) is 8.62. The normalized spacial score (nSPS) is 22.9. The molecule has 2 aliphatic rings. The summed E-state index contributed by atoms with van der Waals surface area (Å²) in [6, 6.07) is 4.17. The molecular formula is C18H16N6OS. The second-order valence-corrected chi connectivity index (χ2v) is 7.99. The van der Waals surface area contributed by atoms with Crippen molar-refractivity contribution in [3.63, 3.8) is 0 Å². The Balaban J connectivity index is 1.64. The number of aromatic nitrogens is 4. The highest BCUT2D eigenvalue weighted by molar-refractivity contribution is 7.09. The Hall–Kier alpha value is -2.79. The van der Waals surface area contributed by atoms with E-state index in [9.17, 15) is 10.1 Å². The summed E-state index contributed by atoms with van der Waals surface area (Å²) in [5.41, 5.74) is 1.32. The Morgan fingerprint density at radius 1 is 1.35 bits per heavy atom. The Labute approximate surface area is 153 Å². The van der Waals surface area contributed by atoms with E-state index in [4.69, 9.17) is 4.98 Å². The summed E-state index contributed by atoms with van der Waals surface area (Å²) in [5, 5.41) is 17.0. The Kier molecular flexibility index (Phi) is 3.18. The molecule has 5 rings (SSSR count). The average Bonchev–Trinajstić information content (AvgIpc) is 3.08. The molecular weight excluding hydrogens is 348 g/mol. The summed E-state index contributed by atoms with van der Waals surface area (Å²) in [5.74, 6) is 0.633. The topological polar surface area (TPSA) is 87.2 Å². The van der Waals surface area contributed by atoms with Crippen molar-refractivity contribution < 1.29 is 4.79 Å². The molecule has 26 heavy (non-hydrogen) atoms. The van der Waals surface area contributed by atoms with Crippen molar-refractivity contribution in [1.82, 2.24) is 19.6 Å². The lowest BCUT2D eigenvalue weighted by molar-refractivity contribution is -0.123. The van der Waals surface area contributed by atoms with Crippen molar-refractivity contribution in [2.75, 3.05) is 11.4 Å². The summed E-state index contributed by atoms with van der Waals surface area (Å²) in [6.45, 7) is 2.46.